The van der Waals surface area contributed by atoms with Crippen LogP contribution in [0.4, 0.5) is 0 Å². The Morgan fingerprint density at radius 1 is 1.32 bits per heavy atom. The van der Waals surface area contributed by atoms with Crippen LogP contribution in [0.2, 0.25) is 0 Å². The number of nitrogens with two attached hydrogens (primary N) is 1. The van der Waals surface area contributed by atoms with Crippen LogP contribution < -0.4 is 11.1 Å². The predicted octanol–water partition coefficient (Wildman–Crippen LogP) is 2.73. The van der Waals surface area contributed by atoms with Gasteiger partial charge in [-0.1, -0.05) is 34.5 Å². The molecule has 3 N–H and O–H groups in total. The zero-order valence-electron chi connectivity index (χ0n) is 11.1. The van der Waals surface area contributed by atoms with Gasteiger partial charge in [0.15, 0.2) is 0 Å². The number of carbonyl (C=O) groups is 1. The van der Waals surface area contributed by atoms with Crippen LogP contribution >= 0.6 is 15.9 Å². The zero-order chi connectivity index (χ0) is 13.7. The smallest absolute Gasteiger partial charge is 0.220 e. The molecule has 4 heteroatoms. The average molecular weight is 325 g/mol. The molecule has 1 fully saturated rings. The molecule has 104 valence electrons. The van der Waals surface area contributed by atoms with Gasteiger partial charge in [0.05, 0.1) is 0 Å². The lowest BCUT2D eigenvalue weighted by atomic mass is 9.64. The molecule has 1 aromatic rings. The molecule has 0 radical (unpaired) electrons. The van der Waals surface area contributed by atoms with E-state index in [-0.39, 0.29) is 11.3 Å². The molecule has 1 aliphatic carbocycles. The molecule has 1 aliphatic rings. The van der Waals surface area contributed by atoms with Crippen LogP contribution in [0.25, 0.3) is 0 Å². The second-order valence-electron chi connectivity index (χ2n) is 5.31. The first-order chi connectivity index (χ1) is 9.16. The van der Waals surface area contributed by atoms with Gasteiger partial charge in [0.2, 0.25) is 5.91 Å². The van der Waals surface area contributed by atoms with Crippen molar-refractivity contribution in [3.05, 3.63) is 34.3 Å². The van der Waals surface area contributed by atoms with Crippen molar-refractivity contribution >= 4 is 21.8 Å². The molecule has 0 unspecified atom stereocenters. The highest BCUT2D eigenvalue weighted by Gasteiger charge is 2.38. The predicted molar refractivity (Wildman–Crippen MR) is 81.0 cm³/mol. The third kappa shape index (κ3) is 3.57. The van der Waals surface area contributed by atoms with E-state index in [0.29, 0.717) is 13.0 Å². The minimum absolute atomic E-state index is 0.119. The van der Waals surface area contributed by atoms with E-state index < -0.39 is 0 Å². The Balaban J connectivity index is 1.95. The molecular formula is C15H21BrN2O. The average Bonchev–Trinajstić information content (AvgIpc) is 2.37. The molecule has 3 nitrogen and oxygen atoms in total. The first-order valence-electron chi connectivity index (χ1n) is 6.89. The van der Waals surface area contributed by atoms with E-state index in [0.717, 1.165) is 30.3 Å². The van der Waals surface area contributed by atoms with Crippen LogP contribution in [0.3, 0.4) is 0 Å². The van der Waals surface area contributed by atoms with Gasteiger partial charge >= 0.3 is 0 Å². The SMILES string of the molecule is NCCCC(=O)NCC1(c2ccc(Br)cc2)CCC1. The Kier molecular flexibility index (Phi) is 4.99. The summed E-state index contributed by atoms with van der Waals surface area (Å²) >= 11 is 3.46. The number of carbonyl (C=O) groups excluding carboxylic acids is 1. The standard InChI is InChI=1S/C15H21BrN2O/c16-13-6-4-12(5-7-13)15(8-2-9-15)11-18-14(19)3-1-10-17/h4-7H,1-3,8-11,17H2,(H,18,19). The van der Waals surface area contributed by atoms with E-state index >= 15 is 0 Å². The van der Waals surface area contributed by atoms with Gasteiger partial charge in [0.25, 0.3) is 0 Å². The normalized spacial score (nSPS) is 16.7. The number of rotatable bonds is 6. The fourth-order valence-electron chi connectivity index (χ4n) is 2.59. The monoisotopic (exact) mass is 324 g/mol. The van der Waals surface area contributed by atoms with Crippen LogP contribution in [-0.4, -0.2) is 19.0 Å². The van der Waals surface area contributed by atoms with Crippen molar-refractivity contribution in [1.82, 2.24) is 5.32 Å². The number of nitrogens with one attached hydrogen (secondary N) is 1. The lowest BCUT2D eigenvalue weighted by molar-refractivity contribution is -0.121. The highest BCUT2D eigenvalue weighted by atomic mass is 79.9. The molecule has 1 aromatic carbocycles. The molecule has 0 heterocycles. The maximum Gasteiger partial charge on any atom is 0.220 e. The Morgan fingerprint density at radius 2 is 2.00 bits per heavy atom. The number of hydrogen-bond acceptors (Lipinski definition) is 2. The second-order valence-corrected chi connectivity index (χ2v) is 6.23. The van der Waals surface area contributed by atoms with E-state index in [2.05, 4.69) is 45.5 Å². The zero-order valence-corrected chi connectivity index (χ0v) is 12.7. The molecule has 0 saturated heterocycles. The van der Waals surface area contributed by atoms with Crippen molar-refractivity contribution < 1.29 is 4.79 Å². The van der Waals surface area contributed by atoms with Gasteiger partial charge in [-0.05, 0) is 43.5 Å². The maximum absolute atomic E-state index is 11.7. The summed E-state index contributed by atoms with van der Waals surface area (Å²) in [6.45, 7) is 1.32. The van der Waals surface area contributed by atoms with Crippen molar-refractivity contribution in [3.8, 4) is 0 Å². The highest BCUT2D eigenvalue weighted by molar-refractivity contribution is 9.10. The fraction of sp³-hybridized carbons (Fsp3) is 0.533. The van der Waals surface area contributed by atoms with E-state index in [4.69, 9.17) is 5.73 Å². The number of hydrogen-bond donors (Lipinski definition) is 2. The van der Waals surface area contributed by atoms with Crippen molar-refractivity contribution in [2.75, 3.05) is 13.1 Å². The third-order valence-electron chi connectivity index (χ3n) is 4.00. The third-order valence-corrected chi connectivity index (χ3v) is 4.53. The van der Waals surface area contributed by atoms with Crippen molar-refractivity contribution in [1.29, 1.82) is 0 Å². The molecule has 19 heavy (non-hydrogen) atoms. The molecule has 2 rings (SSSR count). The first-order valence-corrected chi connectivity index (χ1v) is 7.68. The Bertz CT molecular complexity index is 426. The van der Waals surface area contributed by atoms with Crippen molar-refractivity contribution in [2.45, 2.75) is 37.5 Å². The fourth-order valence-corrected chi connectivity index (χ4v) is 2.86. The highest BCUT2D eigenvalue weighted by Crippen LogP contribution is 2.43. The van der Waals surface area contributed by atoms with Crippen LogP contribution in [0.15, 0.2) is 28.7 Å². The largest absolute Gasteiger partial charge is 0.355 e. The topological polar surface area (TPSA) is 55.1 Å². The summed E-state index contributed by atoms with van der Waals surface area (Å²) in [6.07, 6.45) is 4.86. The van der Waals surface area contributed by atoms with Gasteiger partial charge in [-0.2, -0.15) is 0 Å². The summed E-state index contributed by atoms with van der Waals surface area (Å²) in [5.74, 6) is 0.119. The van der Waals surface area contributed by atoms with Crippen LogP contribution in [0, 0.1) is 0 Å². The molecule has 0 bridgehead atoms. The van der Waals surface area contributed by atoms with Gasteiger partial charge in [0.1, 0.15) is 0 Å². The summed E-state index contributed by atoms with van der Waals surface area (Å²) in [5, 5.41) is 3.07. The van der Waals surface area contributed by atoms with Gasteiger partial charge in [-0.15, -0.1) is 0 Å². The maximum atomic E-state index is 11.7. The molecule has 1 amide bonds. The minimum Gasteiger partial charge on any atom is -0.355 e. The molecule has 0 spiro atoms. The van der Waals surface area contributed by atoms with Crippen molar-refractivity contribution in [2.24, 2.45) is 5.73 Å². The van der Waals surface area contributed by atoms with Crippen molar-refractivity contribution in [3.63, 3.8) is 0 Å². The van der Waals surface area contributed by atoms with Crippen LogP contribution in [0.1, 0.15) is 37.7 Å². The van der Waals surface area contributed by atoms with E-state index in [1.165, 1.54) is 12.0 Å². The van der Waals surface area contributed by atoms with E-state index in [1.54, 1.807) is 0 Å². The summed E-state index contributed by atoms with van der Waals surface area (Å²) in [5.41, 5.74) is 6.90. The number of benzene rings is 1. The van der Waals surface area contributed by atoms with Crippen LogP contribution in [0.5, 0.6) is 0 Å². The molecule has 0 aliphatic heterocycles. The summed E-state index contributed by atoms with van der Waals surface area (Å²) < 4.78 is 1.10. The summed E-state index contributed by atoms with van der Waals surface area (Å²) in [7, 11) is 0. The number of amides is 1. The van der Waals surface area contributed by atoms with Gasteiger partial charge < -0.3 is 11.1 Å². The quantitative estimate of drug-likeness (QED) is 0.845. The molecule has 0 aromatic heterocycles. The second kappa shape index (κ2) is 6.53. The summed E-state index contributed by atoms with van der Waals surface area (Å²) in [4.78, 5) is 11.7. The Labute approximate surface area is 123 Å². The Morgan fingerprint density at radius 3 is 2.53 bits per heavy atom. The van der Waals surface area contributed by atoms with Gasteiger partial charge in [0, 0.05) is 22.9 Å². The minimum atomic E-state index is 0.119. The van der Waals surface area contributed by atoms with E-state index in [9.17, 15) is 4.79 Å². The molecule has 0 atom stereocenters. The molecule has 1 saturated carbocycles. The van der Waals surface area contributed by atoms with Crippen LogP contribution in [-0.2, 0) is 10.2 Å². The summed E-state index contributed by atoms with van der Waals surface area (Å²) in [6, 6.07) is 8.47. The van der Waals surface area contributed by atoms with Gasteiger partial charge in [-0.3, -0.25) is 4.79 Å². The lowest BCUT2D eigenvalue weighted by Gasteiger charge is -2.42. The lowest BCUT2D eigenvalue weighted by Crippen LogP contribution is -2.45. The number of halogens is 1. The van der Waals surface area contributed by atoms with E-state index in [1.807, 2.05) is 0 Å². The Hall–Kier alpha value is -0.870. The first kappa shape index (κ1) is 14.5. The molecular weight excluding hydrogens is 304 g/mol. The van der Waals surface area contributed by atoms with Gasteiger partial charge in [-0.25, -0.2) is 0 Å².